The zero-order valence-electron chi connectivity index (χ0n) is 12.1. The SMILES string of the molecule is Cc1ocnc1C(=O)NC[C@@H]1C[C@H](F)CN1c1cccnn1. The molecule has 1 fully saturated rings. The number of carbonyl (C=O) groups is 1. The number of carbonyl (C=O) groups excluding carboxylic acids is 1. The van der Waals surface area contributed by atoms with Gasteiger partial charge in [0.15, 0.2) is 17.9 Å². The molecule has 1 aliphatic heterocycles. The van der Waals surface area contributed by atoms with E-state index < -0.39 is 6.17 Å². The van der Waals surface area contributed by atoms with Crippen molar-refractivity contribution in [1.82, 2.24) is 20.5 Å². The summed E-state index contributed by atoms with van der Waals surface area (Å²) in [5, 5.41) is 10.6. The van der Waals surface area contributed by atoms with Crippen LogP contribution in [0.3, 0.4) is 0 Å². The Morgan fingerprint density at radius 1 is 1.59 bits per heavy atom. The Kier molecular flexibility index (Phi) is 3.99. The molecule has 8 heteroatoms. The van der Waals surface area contributed by atoms with E-state index in [-0.39, 0.29) is 24.2 Å². The molecule has 0 spiro atoms. The van der Waals surface area contributed by atoms with Crippen molar-refractivity contribution >= 4 is 11.7 Å². The molecule has 1 N–H and O–H groups in total. The van der Waals surface area contributed by atoms with Crippen LogP contribution in [0.15, 0.2) is 29.1 Å². The monoisotopic (exact) mass is 305 g/mol. The lowest BCUT2D eigenvalue weighted by molar-refractivity contribution is 0.0945. The summed E-state index contributed by atoms with van der Waals surface area (Å²) in [6, 6.07) is 3.37. The Bertz CT molecular complexity index is 648. The minimum Gasteiger partial charge on any atom is -0.448 e. The number of alkyl halides is 1. The first kappa shape index (κ1) is 14.4. The summed E-state index contributed by atoms with van der Waals surface area (Å²) < 4.78 is 18.7. The van der Waals surface area contributed by atoms with Crippen LogP contribution in [-0.2, 0) is 0 Å². The molecule has 0 aromatic carbocycles. The van der Waals surface area contributed by atoms with Gasteiger partial charge >= 0.3 is 0 Å². The van der Waals surface area contributed by atoms with Gasteiger partial charge in [0.25, 0.3) is 5.91 Å². The molecule has 1 saturated heterocycles. The Balaban J connectivity index is 1.66. The summed E-state index contributed by atoms with van der Waals surface area (Å²) in [5.41, 5.74) is 0.251. The zero-order valence-corrected chi connectivity index (χ0v) is 12.1. The third-order valence-corrected chi connectivity index (χ3v) is 3.67. The second-order valence-corrected chi connectivity index (χ2v) is 5.19. The minimum absolute atomic E-state index is 0.164. The number of halogens is 1. The van der Waals surface area contributed by atoms with E-state index in [1.807, 2.05) is 4.90 Å². The molecule has 2 aromatic heterocycles. The van der Waals surface area contributed by atoms with E-state index in [0.29, 0.717) is 24.5 Å². The number of rotatable bonds is 4. The van der Waals surface area contributed by atoms with Crippen molar-refractivity contribution in [3.05, 3.63) is 36.2 Å². The molecule has 3 heterocycles. The van der Waals surface area contributed by atoms with Crippen LogP contribution in [-0.4, -0.2) is 46.4 Å². The van der Waals surface area contributed by atoms with Crippen LogP contribution in [0.4, 0.5) is 10.2 Å². The number of hydrogen-bond acceptors (Lipinski definition) is 6. The second kappa shape index (κ2) is 6.08. The van der Waals surface area contributed by atoms with E-state index in [0.717, 1.165) is 0 Å². The summed E-state index contributed by atoms with van der Waals surface area (Å²) in [4.78, 5) is 17.7. The quantitative estimate of drug-likeness (QED) is 0.911. The van der Waals surface area contributed by atoms with E-state index in [4.69, 9.17) is 4.42 Å². The number of aromatic nitrogens is 3. The first-order valence-corrected chi connectivity index (χ1v) is 7.02. The smallest absolute Gasteiger partial charge is 0.273 e. The van der Waals surface area contributed by atoms with E-state index in [2.05, 4.69) is 20.5 Å². The number of aryl methyl sites for hydroxylation is 1. The van der Waals surface area contributed by atoms with Crippen molar-refractivity contribution in [2.45, 2.75) is 25.6 Å². The summed E-state index contributed by atoms with van der Waals surface area (Å²) in [7, 11) is 0. The van der Waals surface area contributed by atoms with E-state index in [9.17, 15) is 9.18 Å². The Hall–Kier alpha value is -2.51. The van der Waals surface area contributed by atoms with Crippen LogP contribution >= 0.6 is 0 Å². The molecule has 0 aliphatic carbocycles. The predicted molar refractivity (Wildman–Crippen MR) is 76.3 cm³/mol. The Morgan fingerprint density at radius 2 is 2.45 bits per heavy atom. The van der Waals surface area contributed by atoms with Crippen molar-refractivity contribution in [3.8, 4) is 0 Å². The van der Waals surface area contributed by atoms with Crippen molar-refractivity contribution in [2.75, 3.05) is 18.0 Å². The first-order valence-electron chi connectivity index (χ1n) is 7.02. The Morgan fingerprint density at radius 3 is 3.14 bits per heavy atom. The van der Waals surface area contributed by atoms with Crippen molar-refractivity contribution in [1.29, 1.82) is 0 Å². The molecule has 2 aromatic rings. The second-order valence-electron chi connectivity index (χ2n) is 5.19. The molecule has 0 saturated carbocycles. The highest BCUT2D eigenvalue weighted by Crippen LogP contribution is 2.24. The molecular weight excluding hydrogens is 289 g/mol. The number of anilines is 1. The van der Waals surface area contributed by atoms with Gasteiger partial charge in [0.1, 0.15) is 11.9 Å². The molecule has 3 rings (SSSR count). The lowest BCUT2D eigenvalue weighted by Crippen LogP contribution is -2.40. The summed E-state index contributed by atoms with van der Waals surface area (Å²) in [5.74, 6) is 0.741. The fraction of sp³-hybridized carbons (Fsp3) is 0.429. The highest BCUT2D eigenvalue weighted by atomic mass is 19.1. The van der Waals surface area contributed by atoms with Gasteiger partial charge in [0, 0.05) is 19.2 Å². The van der Waals surface area contributed by atoms with Crippen molar-refractivity contribution < 1.29 is 13.6 Å². The van der Waals surface area contributed by atoms with E-state index in [1.54, 1.807) is 25.3 Å². The fourth-order valence-corrected chi connectivity index (χ4v) is 2.60. The highest BCUT2D eigenvalue weighted by molar-refractivity contribution is 5.93. The van der Waals surface area contributed by atoms with Crippen molar-refractivity contribution in [3.63, 3.8) is 0 Å². The molecule has 7 nitrogen and oxygen atoms in total. The lowest BCUT2D eigenvalue weighted by Gasteiger charge is -2.24. The van der Waals surface area contributed by atoms with Crippen LogP contribution in [0, 0.1) is 6.92 Å². The lowest BCUT2D eigenvalue weighted by atomic mass is 10.2. The van der Waals surface area contributed by atoms with Gasteiger partial charge < -0.3 is 14.6 Å². The molecular formula is C14H16FN5O2. The third kappa shape index (κ3) is 2.90. The predicted octanol–water partition coefficient (Wildman–Crippen LogP) is 1.12. The van der Waals surface area contributed by atoms with Gasteiger partial charge in [-0.05, 0) is 19.1 Å². The zero-order chi connectivity index (χ0) is 15.5. The van der Waals surface area contributed by atoms with E-state index in [1.165, 1.54) is 6.39 Å². The number of oxazole rings is 1. The summed E-state index contributed by atoms with van der Waals surface area (Å²) in [6.07, 6.45) is 2.19. The van der Waals surface area contributed by atoms with Gasteiger partial charge in [-0.2, -0.15) is 5.10 Å². The maximum atomic E-state index is 13.7. The molecule has 0 unspecified atom stereocenters. The maximum Gasteiger partial charge on any atom is 0.273 e. The molecule has 2 atom stereocenters. The Labute approximate surface area is 126 Å². The van der Waals surface area contributed by atoms with Crippen LogP contribution < -0.4 is 10.2 Å². The topological polar surface area (TPSA) is 84.2 Å². The molecule has 0 bridgehead atoms. The van der Waals surface area contributed by atoms with Gasteiger partial charge in [0.05, 0.1) is 12.6 Å². The minimum atomic E-state index is -0.947. The highest BCUT2D eigenvalue weighted by Gasteiger charge is 2.33. The first-order chi connectivity index (χ1) is 10.6. The van der Waals surface area contributed by atoms with Gasteiger partial charge in [0.2, 0.25) is 0 Å². The molecule has 22 heavy (non-hydrogen) atoms. The molecule has 116 valence electrons. The average Bonchev–Trinajstić information content (AvgIpc) is 3.11. The third-order valence-electron chi connectivity index (χ3n) is 3.67. The maximum absolute atomic E-state index is 13.7. The summed E-state index contributed by atoms with van der Waals surface area (Å²) in [6.45, 7) is 2.23. The van der Waals surface area contributed by atoms with Crippen LogP contribution in [0.25, 0.3) is 0 Å². The number of amides is 1. The number of nitrogens with zero attached hydrogens (tertiary/aromatic N) is 4. The van der Waals surface area contributed by atoms with Gasteiger partial charge in [-0.3, -0.25) is 4.79 Å². The summed E-state index contributed by atoms with van der Waals surface area (Å²) >= 11 is 0. The van der Waals surface area contributed by atoms with E-state index >= 15 is 0 Å². The van der Waals surface area contributed by atoms with Gasteiger partial charge in [-0.15, -0.1) is 5.10 Å². The van der Waals surface area contributed by atoms with Crippen LogP contribution in [0.1, 0.15) is 22.7 Å². The fourth-order valence-electron chi connectivity index (χ4n) is 2.60. The largest absolute Gasteiger partial charge is 0.448 e. The van der Waals surface area contributed by atoms with Crippen LogP contribution in [0.2, 0.25) is 0 Å². The van der Waals surface area contributed by atoms with Crippen molar-refractivity contribution in [2.24, 2.45) is 0 Å². The molecule has 1 aliphatic rings. The average molecular weight is 305 g/mol. The number of nitrogens with one attached hydrogen (secondary N) is 1. The van der Waals surface area contributed by atoms with Gasteiger partial charge in [-0.1, -0.05) is 0 Å². The normalized spacial score (nSPS) is 21.1. The molecule has 1 amide bonds. The number of hydrogen-bond donors (Lipinski definition) is 1. The van der Waals surface area contributed by atoms with Gasteiger partial charge in [-0.25, -0.2) is 9.37 Å². The van der Waals surface area contributed by atoms with Crippen LogP contribution in [0.5, 0.6) is 0 Å². The molecule has 0 radical (unpaired) electrons. The standard InChI is InChI=1S/C14H16FN5O2/c1-9-13(17-8-22-9)14(21)16-6-11-5-10(15)7-20(11)12-3-2-4-18-19-12/h2-4,8,10-11H,5-7H2,1H3,(H,16,21)/t10-,11-/m0/s1.